The summed E-state index contributed by atoms with van der Waals surface area (Å²) in [6, 6.07) is 14.6. The van der Waals surface area contributed by atoms with Gasteiger partial charge < -0.3 is 18.9 Å². The summed E-state index contributed by atoms with van der Waals surface area (Å²) in [6.07, 6.45) is 0. The number of fused-ring (bicyclic) bond motifs is 1. The predicted octanol–water partition coefficient (Wildman–Crippen LogP) is 5.13. The lowest BCUT2D eigenvalue weighted by Crippen LogP contribution is -2.07. The summed E-state index contributed by atoms with van der Waals surface area (Å²) >= 11 is 1.47. The minimum absolute atomic E-state index is 0.0613. The van der Waals surface area contributed by atoms with Gasteiger partial charge in [-0.25, -0.2) is 14.8 Å². The second-order valence-electron chi connectivity index (χ2n) is 6.77. The largest absolute Gasteiger partial charge is 0.497 e. The van der Waals surface area contributed by atoms with Crippen LogP contribution in [0.25, 0.3) is 21.5 Å². The summed E-state index contributed by atoms with van der Waals surface area (Å²) in [6.45, 7) is 2.54. The minimum atomic E-state index is -0.500. The Bertz CT molecular complexity index is 1250. The normalized spacial score (nSPS) is 10.7. The van der Waals surface area contributed by atoms with Gasteiger partial charge >= 0.3 is 5.97 Å². The van der Waals surface area contributed by atoms with E-state index >= 15 is 0 Å². The molecule has 0 unspecified atom stereocenters. The van der Waals surface area contributed by atoms with Crippen LogP contribution in [0, 0.1) is 0 Å². The molecule has 2 heterocycles. The highest BCUT2D eigenvalue weighted by atomic mass is 32.1. The Labute approximate surface area is 189 Å². The number of pyridine rings is 1. The third-order valence-electron chi connectivity index (χ3n) is 4.72. The monoisotopic (exact) mass is 450 g/mol. The lowest BCUT2D eigenvalue weighted by atomic mass is 10.2. The number of carbonyl (C=O) groups is 1. The minimum Gasteiger partial charge on any atom is -0.497 e. The summed E-state index contributed by atoms with van der Waals surface area (Å²) in [5.41, 5.74) is 2.51. The molecular formula is C24H22N2O5S. The Hall–Kier alpha value is -3.65. The van der Waals surface area contributed by atoms with Crippen molar-refractivity contribution in [3.8, 4) is 27.8 Å². The Morgan fingerprint density at radius 3 is 2.62 bits per heavy atom. The summed E-state index contributed by atoms with van der Waals surface area (Å²) in [5.74, 6) is 1.57. The summed E-state index contributed by atoms with van der Waals surface area (Å²) in [7, 11) is 3.21. The Morgan fingerprint density at radius 1 is 0.969 bits per heavy atom. The highest BCUT2D eigenvalue weighted by molar-refractivity contribution is 7.13. The molecule has 4 aromatic rings. The van der Waals surface area contributed by atoms with Crippen LogP contribution in [0.2, 0.25) is 0 Å². The summed E-state index contributed by atoms with van der Waals surface area (Å²) in [5, 5.41) is 3.55. The van der Waals surface area contributed by atoms with Gasteiger partial charge in [-0.3, -0.25) is 0 Å². The van der Waals surface area contributed by atoms with Crippen molar-refractivity contribution in [3.63, 3.8) is 0 Å². The van der Waals surface area contributed by atoms with Crippen LogP contribution >= 0.6 is 11.3 Å². The summed E-state index contributed by atoms with van der Waals surface area (Å²) < 4.78 is 21.6. The average molecular weight is 451 g/mol. The van der Waals surface area contributed by atoms with Gasteiger partial charge in [-0.15, -0.1) is 11.3 Å². The molecule has 0 saturated heterocycles. The number of hydrogen-bond acceptors (Lipinski definition) is 8. The van der Waals surface area contributed by atoms with Crippen LogP contribution in [0.15, 0.2) is 53.9 Å². The van der Waals surface area contributed by atoms with E-state index in [1.54, 1.807) is 26.4 Å². The SMILES string of the molecule is CCOc1ccc(-c2nc(COC(=O)c3ccc4cc(OC)ccc4n3)cs2)cc1OC. The topological polar surface area (TPSA) is 79.8 Å². The van der Waals surface area contributed by atoms with Crippen molar-refractivity contribution in [1.82, 2.24) is 9.97 Å². The quantitative estimate of drug-likeness (QED) is 0.344. The van der Waals surface area contributed by atoms with Crippen molar-refractivity contribution in [1.29, 1.82) is 0 Å². The number of benzene rings is 2. The van der Waals surface area contributed by atoms with Crippen LogP contribution in [0.5, 0.6) is 17.2 Å². The van der Waals surface area contributed by atoms with E-state index in [-0.39, 0.29) is 12.3 Å². The van der Waals surface area contributed by atoms with Gasteiger partial charge in [0.05, 0.1) is 32.0 Å². The second kappa shape index (κ2) is 9.65. The molecule has 0 aliphatic carbocycles. The number of methoxy groups -OCH3 is 2. The molecule has 0 radical (unpaired) electrons. The molecule has 8 heteroatoms. The zero-order chi connectivity index (χ0) is 22.5. The molecule has 0 aliphatic rings. The fourth-order valence-electron chi connectivity index (χ4n) is 3.14. The number of carbonyl (C=O) groups excluding carboxylic acids is 1. The van der Waals surface area contributed by atoms with Gasteiger partial charge in [0.15, 0.2) is 11.5 Å². The van der Waals surface area contributed by atoms with E-state index in [0.29, 0.717) is 29.3 Å². The molecule has 0 saturated carbocycles. The number of rotatable bonds is 8. The third kappa shape index (κ3) is 4.65. The van der Waals surface area contributed by atoms with E-state index in [9.17, 15) is 4.79 Å². The van der Waals surface area contributed by atoms with Gasteiger partial charge in [0, 0.05) is 16.3 Å². The van der Waals surface area contributed by atoms with Crippen molar-refractivity contribution in [2.24, 2.45) is 0 Å². The van der Waals surface area contributed by atoms with Crippen LogP contribution in [0.1, 0.15) is 23.1 Å². The first kappa shape index (κ1) is 21.6. The number of thiazole rings is 1. The van der Waals surface area contributed by atoms with Crippen molar-refractivity contribution >= 4 is 28.2 Å². The smallest absolute Gasteiger partial charge is 0.357 e. The highest BCUT2D eigenvalue weighted by Gasteiger charge is 2.13. The van der Waals surface area contributed by atoms with Crippen LogP contribution in [-0.4, -0.2) is 36.8 Å². The van der Waals surface area contributed by atoms with E-state index in [4.69, 9.17) is 18.9 Å². The fourth-order valence-corrected chi connectivity index (χ4v) is 3.94. The third-order valence-corrected chi connectivity index (χ3v) is 5.66. The Morgan fingerprint density at radius 2 is 1.84 bits per heavy atom. The van der Waals surface area contributed by atoms with Gasteiger partial charge in [-0.1, -0.05) is 6.07 Å². The fraction of sp³-hybridized carbons (Fsp3) is 0.208. The van der Waals surface area contributed by atoms with E-state index < -0.39 is 5.97 Å². The number of nitrogens with zero attached hydrogens (tertiary/aromatic N) is 2. The number of hydrogen-bond donors (Lipinski definition) is 0. The van der Waals surface area contributed by atoms with Crippen LogP contribution < -0.4 is 14.2 Å². The molecular weight excluding hydrogens is 428 g/mol. The predicted molar refractivity (Wildman–Crippen MR) is 123 cm³/mol. The van der Waals surface area contributed by atoms with Gasteiger partial charge in [-0.2, -0.15) is 0 Å². The van der Waals surface area contributed by atoms with Crippen LogP contribution in [0.3, 0.4) is 0 Å². The molecule has 0 fully saturated rings. The van der Waals surface area contributed by atoms with Crippen LogP contribution in [0.4, 0.5) is 0 Å². The maximum absolute atomic E-state index is 12.5. The highest BCUT2D eigenvalue weighted by Crippen LogP contribution is 2.34. The molecule has 2 aromatic carbocycles. The van der Waals surface area contributed by atoms with Crippen molar-refractivity contribution in [2.75, 3.05) is 20.8 Å². The zero-order valence-corrected chi connectivity index (χ0v) is 18.8. The van der Waals surface area contributed by atoms with Crippen molar-refractivity contribution in [3.05, 3.63) is 65.3 Å². The molecule has 164 valence electrons. The first-order chi connectivity index (χ1) is 15.6. The van der Waals surface area contributed by atoms with Crippen molar-refractivity contribution < 1.29 is 23.7 Å². The molecule has 0 bridgehead atoms. The Kier molecular flexibility index (Phi) is 6.51. The first-order valence-electron chi connectivity index (χ1n) is 9.98. The van der Waals surface area contributed by atoms with E-state index in [1.807, 2.05) is 48.7 Å². The lowest BCUT2D eigenvalue weighted by molar-refractivity contribution is 0.0462. The maximum atomic E-state index is 12.5. The molecule has 7 nitrogen and oxygen atoms in total. The molecule has 0 aliphatic heterocycles. The van der Waals surface area contributed by atoms with E-state index in [2.05, 4.69) is 9.97 Å². The zero-order valence-electron chi connectivity index (χ0n) is 18.0. The van der Waals surface area contributed by atoms with Gasteiger partial charge in [0.25, 0.3) is 0 Å². The molecule has 2 aromatic heterocycles. The number of ether oxygens (including phenoxy) is 4. The molecule has 32 heavy (non-hydrogen) atoms. The van der Waals surface area contributed by atoms with Crippen molar-refractivity contribution in [2.45, 2.75) is 13.5 Å². The standard InChI is InChI=1S/C24H22N2O5S/c1-4-30-21-10-6-16(12-22(21)29-3)23-25-17(14-32-23)13-31-24(27)20-8-5-15-11-18(28-2)7-9-19(15)26-20/h5-12,14H,4,13H2,1-3H3. The lowest BCUT2D eigenvalue weighted by Gasteiger charge is -2.09. The first-order valence-corrected chi connectivity index (χ1v) is 10.9. The van der Waals surface area contributed by atoms with Gasteiger partial charge in [0.2, 0.25) is 0 Å². The molecule has 0 amide bonds. The van der Waals surface area contributed by atoms with E-state index in [0.717, 1.165) is 21.7 Å². The van der Waals surface area contributed by atoms with Gasteiger partial charge in [-0.05, 0) is 49.4 Å². The van der Waals surface area contributed by atoms with E-state index in [1.165, 1.54) is 11.3 Å². The number of esters is 1. The van der Waals surface area contributed by atoms with Gasteiger partial charge in [0.1, 0.15) is 23.1 Å². The van der Waals surface area contributed by atoms with Crippen LogP contribution in [-0.2, 0) is 11.3 Å². The average Bonchev–Trinajstić information content (AvgIpc) is 3.31. The number of aromatic nitrogens is 2. The molecule has 0 N–H and O–H groups in total. The summed E-state index contributed by atoms with van der Waals surface area (Å²) in [4.78, 5) is 21.4. The maximum Gasteiger partial charge on any atom is 0.357 e. The molecule has 4 rings (SSSR count). The molecule has 0 spiro atoms. The molecule has 0 atom stereocenters. The Balaban J connectivity index is 1.44. The second-order valence-corrected chi connectivity index (χ2v) is 7.63.